The maximum absolute atomic E-state index is 9.25. The molecule has 1 aromatic rings. The number of aliphatic hydroxyl groups excluding tert-OH is 1. The number of nitrogens with zero attached hydrogens (tertiary/aromatic N) is 2. The van der Waals surface area contributed by atoms with Gasteiger partial charge in [-0.3, -0.25) is 0 Å². The van der Waals surface area contributed by atoms with E-state index >= 15 is 0 Å². The van der Waals surface area contributed by atoms with E-state index in [9.17, 15) is 5.11 Å². The molecule has 1 rings (SSSR count). The van der Waals surface area contributed by atoms with Crippen LogP contribution in [0, 0.1) is 6.92 Å². The summed E-state index contributed by atoms with van der Waals surface area (Å²) in [6.45, 7) is 6.49. The number of aliphatic hydroxyl groups is 1. The van der Waals surface area contributed by atoms with Crippen molar-refractivity contribution in [2.75, 3.05) is 24.8 Å². The first-order chi connectivity index (χ1) is 8.60. The zero-order chi connectivity index (χ0) is 13.5. The van der Waals surface area contributed by atoms with Gasteiger partial charge < -0.3 is 15.2 Å². The van der Waals surface area contributed by atoms with Crippen LogP contribution in [0.3, 0.4) is 0 Å². The Labute approximate surface area is 112 Å². The number of hydrogen-bond donors (Lipinski definition) is 2. The highest BCUT2D eigenvalue weighted by Gasteiger charge is 2.16. The molecule has 0 aliphatic rings. The van der Waals surface area contributed by atoms with E-state index in [1.54, 1.807) is 17.8 Å². The van der Waals surface area contributed by atoms with E-state index < -0.39 is 0 Å². The molecule has 2 unspecified atom stereocenters. The zero-order valence-corrected chi connectivity index (χ0v) is 12.1. The van der Waals surface area contributed by atoms with Crippen molar-refractivity contribution >= 4 is 17.6 Å². The normalized spacial score (nSPS) is 14.1. The molecule has 0 saturated carbocycles. The van der Waals surface area contributed by atoms with Crippen LogP contribution >= 0.6 is 11.8 Å². The van der Waals surface area contributed by atoms with Gasteiger partial charge in [-0.25, -0.2) is 4.98 Å². The van der Waals surface area contributed by atoms with Crippen LogP contribution in [0.5, 0.6) is 5.88 Å². The van der Waals surface area contributed by atoms with Gasteiger partial charge >= 0.3 is 0 Å². The van der Waals surface area contributed by atoms with Gasteiger partial charge in [-0.15, -0.1) is 0 Å². The van der Waals surface area contributed by atoms with Crippen LogP contribution in [-0.2, 0) is 0 Å². The number of rotatable bonds is 7. The second kappa shape index (κ2) is 7.43. The van der Waals surface area contributed by atoms with Crippen molar-refractivity contribution in [3.8, 4) is 5.88 Å². The Hall–Kier alpha value is -1.01. The summed E-state index contributed by atoms with van der Waals surface area (Å²) in [7, 11) is 0. The van der Waals surface area contributed by atoms with E-state index in [2.05, 4.69) is 15.3 Å². The van der Waals surface area contributed by atoms with Crippen LogP contribution < -0.4 is 10.1 Å². The first-order valence-corrected chi connectivity index (χ1v) is 7.28. The highest BCUT2D eigenvalue weighted by molar-refractivity contribution is 7.99. The van der Waals surface area contributed by atoms with Crippen LogP contribution in [-0.4, -0.2) is 45.8 Å². The number of thioether (sulfide) groups is 1. The maximum atomic E-state index is 9.25. The summed E-state index contributed by atoms with van der Waals surface area (Å²) in [5.74, 6) is 1.97. The summed E-state index contributed by atoms with van der Waals surface area (Å²) in [5.41, 5.74) is 0. The number of nitrogens with one attached hydrogen (secondary N) is 1. The van der Waals surface area contributed by atoms with E-state index in [-0.39, 0.29) is 17.9 Å². The van der Waals surface area contributed by atoms with Gasteiger partial charge in [0.05, 0.1) is 13.2 Å². The fourth-order valence-electron chi connectivity index (χ4n) is 1.60. The van der Waals surface area contributed by atoms with Crippen molar-refractivity contribution in [1.29, 1.82) is 0 Å². The molecule has 2 atom stereocenters. The maximum Gasteiger partial charge on any atom is 0.218 e. The van der Waals surface area contributed by atoms with E-state index in [0.29, 0.717) is 18.3 Å². The van der Waals surface area contributed by atoms with E-state index in [1.807, 2.05) is 27.0 Å². The van der Waals surface area contributed by atoms with Gasteiger partial charge in [0.1, 0.15) is 11.6 Å². The predicted molar refractivity (Wildman–Crippen MR) is 75.4 cm³/mol. The fraction of sp³-hybridized carbons (Fsp3) is 0.667. The van der Waals surface area contributed by atoms with Crippen molar-refractivity contribution < 1.29 is 9.84 Å². The first-order valence-electron chi connectivity index (χ1n) is 5.99. The third-order valence-electron chi connectivity index (χ3n) is 2.52. The Kier molecular flexibility index (Phi) is 6.21. The van der Waals surface area contributed by atoms with Gasteiger partial charge in [0, 0.05) is 17.4 Å². The van der Waals surface area contributed by atoms with Gasteiger partial charge in [0.15, 0.2) is 0 Å². The summed E-state index contributed by atoms with van der Waals surface area (Å²) in [4.78, 5) is 8.50. The van der Waals surface area contributed by atoms with Crippen LogP contribution in [0.15, 0.2) is 6.07 Å². The Morgan fingerprint density at radius 3 is 2.78 bits per heavy atom. The topological polar surface area (TPSA) is 67.3 Å². The van der Waals surface area contributed by atoms with Gasteiger partial charge in [-0.2, -0.15) is 16.7 Å². The molecule has 0 radical (unpaired) electrons. The molecule has 1 heterocycles. The van der Waals surface area contributed by atoms with Crippen LogP contribution in [0.4, 0.5) is 5.82 Å². The molecular formula is C12H21N3O2S. The van der Waals surface area contributed by atoms with Crippen molar-refractivity contribution in [2.45, 2.75) is 32.1 Å². The standard InChI is InChI=1S/C12H21N3O2S/c1-5-17-12-6-11(14-9(3)15-12)13-8(2)10(7-16)18-4/h6,8,10,16H,5,7H2,1-4H3,(H,13,14,15). The van der Waals surface area contributed by atoms with Crippen molar-refractivity contribution in [1.82, 2.24) is 9.97 Å². The molecule has 102 valence electrons. The molecule has 0 aliphatic heterocycles. The SMILES string of the molecule is CCOc1cc(NC(C)C(CO)SC)nc(C)n1. The van der Waals surface area contributed by atoms with Crippen LogP contribution in [0.2, 0.25) is 0 Å². The lowest BCUT2D eigenvalue weighted by atomic mass is 10.2. The summed E-state index contributed by atoms with van der Waals surface area (Å²) in [5, 5.41) is 12.7. The van der Waals surface area contributed by atoms with E-state index in [4.69, 9.17) is 4.74 Å². The van der Waals surface area contributed by atoms with Gasteiger partial charge in [0.25, 0.3) is 0 Å². The highest BCUT2D eigenvalue weighted by Crippen LogP contribution is 2.18. The molecule has 0 bridgehead atoms. The quantitative estimate of drug-likeness (QED) is 0.787. The molecule has 0 saturated heterocycles. The second-order valence-electron chi connectivity index (χ2n) is 3.96. The molecule has 0 spiro atoms. The van der Waals surface area contributed by atoms with Gasteiger partial charge in [0.2, 0.25) is 5.88 Å². The van der Waals surface area contributed by atoms with E-state index in [0.717, 1.165) is 5.82 Å². The summed E-state index contributed by atoms with van der Waals surface area (Å²) < 4.78 is 5.38. The van der Waals surface area contributed by atoms with Crippen LogP contribution in [0.1, 0.15) is 19.7 Å². The highest BCUT2D eigenvalue weighted by atomic mass is 32.2. The number of anilines is 1. The minimum atomic E-state index is 0.119. The molecule has 0 amide bonds. The number of aromatic nitrogens is 2. The summed E-state index contributed by atoms with van der Waals surface area (Å²) in [6.07, 6.45) is 1.98. The minimum absolute atomic E-state index is 0.119. The lowest BCUT2D eigenvalue weighted by molar-refractivity contribution is 0.288. The first kappa shape index (κ1) is 15.0. The van der Waals surface area contributed by atoms with Gasteiger partial charge in [-0.05, 0) is 27.0 Å². The Bertz CT molecular complexity index is 372. The summed E-state index contributed by atoms with van der Waals surface area (Å²) >= 11 is 1.63. The largest absolute Gasteiger partial charge is 0.478 e. The molecule has 0 fully saturated rings. The minimum Gasteiger partial charge on any atom is -0.478 e. The lowest BCUT2D eigenvalue weighted by Gasteiger charge is -2.22. The van der Waals surface area contributed by atoms with Gasteiger partial charge in [-0.1, -0.05) is 0 Å². The molecule has 2 N–H and O–H groups in total. The summed E-state index contributed by atoms with van der Waals surface area (Å²) in [6, 6.07) is 1.90. The Morgan fingerprint density at radius 1 is 1.50 bits per heavy atom. The average molecular weight is 271 g/mol. The van der Waals surface area contributed by atoms with Crippen molar-refractivity contribution in [3.05, 3.63) is 11.9 Å². The zero-order valence-electron chi connectivity index (χ0n) is 11.3. The smallest absolute Gasteiger partial charge is 0.218 e. The van der Waals surface area contributed by atoms with Crippen LogP contribution in [0.25, 0.3) is 0 Å². The predicted octanol–water partition coefficient (Wildman–Crippen LogP) is 1.71. The molecule has 6 heteroatoms. The lowest BCUT2D eigenvalue weighted by Crippen LogP contribution is -2.31. The molecule has 5 nitrogen and oxygen atoms in total. The van der Waals surface area contributed by atoms with E-state index in [1.165, 1.54) is 0 Å². The van der Waals surface area contributed by atoms with Crippen molar-refractivity contribution in [3.63, 3.8) is 0 Å². The third kappa shape index (κ3) is 4.34. The molecule has 18 heavy (non-hydrogen) atoms. The molecule has 1 aromatic heterocycles. The number of ether oxygens (including phenoxy) is 1. The number of aryl methyl sites for hydroxylation is 1. The molecule has 0 aromatic carbocycles. The van der Waals surface area contributed by atoms with Crippen molar-refractivity contribution in [2.24, 2.45) is 0 Å². The fourth-order valence-corrected chi connectivity index (χ4v) is 2.22. The third-order valence-corrected chi connectivity index (χ3v) is 3.69. The Morgan fingerprint density at radius 2 is 2.22 bits per heavy atom. The monoisotopic (exact) mass is 271 g/mol. The average Bonchev–Trinajstić information content (AvgIpc) is 2.30. The Balaban J connectivity index is 2.77. The number of hydrogen-bond acceptors (Lipinski definition) is 6. The molecular weight excluding hydrogens is 250 g/mol. The molecule has 0 aliphatic carbocycles. The second-order valence-corrected chi connectivity index (χ2v) is 5.04.